The summed E-state index contributed by atoms with van der Waals surface area (Å²) in [5.74, 6) is 0. The summed E-state index contributed by atoms with van der Waals surface area (Å²) in [7, 11) is 1.31. The van der Waals surface area contributed by atoms with Gasteiger partial charge >= 0.3 is 11.8 Å². The zero-order valence-corrected chi connectivity index (χ0v) is 8.66. The van der Waals surface area contributed by atoms with Crippen LogP contribution in [0.15, 0.2) is 23.0 Å². The Morgan fingerprint density at radius 3 is 2.88 bits per heavy atom. The lowest BCUT2D eigenvalue weighted by Gasteiger charge is -2.03. The van der Waals surface area contributed by atoms with E-state index < -0.39 is 6.09 Å². The topological polar surface area (TPSA) is 87.0 Å². The van der Waals surface area contributed by atoms with Gasteiger partial charge in [-0.05, 0) is 17.7 Å². The summed E-state index contributed by atoms with van der Waals surface area (Å²) in [5.41, 5.74) is 2.10. The molecule has 84 valence electrons. The summed E-state index contributed by atoms with van der Waals surface area (Å²) < 4.78 is 4.45. The third-order valence-corrected chi connectivity index (χ3v) is 2.20. The number of hydrogen-bond acceptors (Lipinski definition) is 3. The van der Waals surface area contributed by atoms with Crippen molar-refractivity contribution < 1.29 is 9.53 Å². The van der Waals surface area contributed by atoms with Crippen LogP contribution >= 0.6 is 0 Å². The predicted octanol–water partition coefficient (Wildman–Crippen LogP) is 0.712. The fourth-order valence-corrected chi connectivity index (χ4v) is 1.44. The molecular weight excluding hydrogens is 210 g/mol. The van der Waals surface area contributed by atoms with Crippen LogP contribution in [0.1, 0.15) is 5.56 Å². The van der Waals surface area contributed by atoms with Gasteiger partial charge in [0.1, 0.15) is 0 Å². The van der Waals surface area contributed by atoms with Crippen molar-refractivity contribution in [2.24, 2.45) is 0 Å². The quantitative estimate of drug-likeness (QED) is 0.698. The molecule has 0 fully saturated rings. The van der Waals surface area contributed by atoms with Crippen LogP contribution in [0.2, 0.25) is 0 Å². The SMILES string of the molecule is COC(=O)NCc1ccc2[nH]c(=O)[nH]c2c1. The molecule has 0 saturated carbocycles. The number of methoxy groups -OCH3 is 1. The van der Waals surface area contributed by atoms with Gasteiger partial charge in [0.2, 0.25) is 0 Å². The van der Waals surface area contributed by atoms with Gasteiger partial charge < -0.3 is 20.0 Å². The highest BCUT2D eigenvalue weighted by Crippen LogP contribution is 2.09. The third kappa shape index (κ3) is 2.05. The van der Waals surface area contributed by atoms with Gasteiger partial charge in [-0.3, -0.25) is 0 Å². The first-order chi connectivity index (χ1) is 7.69. The number of amides is 1. The highest BCUT2D eigenvalue weighted by molar-refractivity contribution is 5.75. The van der Waals surface area contributed by atoms with Gasteiger partial charge in [0, 0.05) is 6.54 Å². The molecule has 6 nitrogen and oxygen atoms in total. The monoisotopic (exact) mass is 221 g/mol. The van der Waals surface area contributed by atoms with Crippen LogP contribution in [0.25, 0.3) is 11.0 Å². The fraction of sp³-hybridized carbons (Fsp3) is 0.200. The number of nitrogens with one attached hydrogen (secondary N) is 3. The Morgan fingerprint density at radius 1 is 1.38 bits per heavy atom. The first-order valence-corrected chi connectivity index (χ1v) is 4.72. The van der Waals surface area contributed by atoms with Gasteiger partial charge in [0.05, 0.1) is 18.1 Å². The van der Waals surface area contributed by atoms with E-state index >= 15 is 0 Å². The molecule has 0 unspecified atom stereocenters. The fourth-order valence-electron chi connectivity index (χ4n) is 1.44. The first kappa shape index (κ1) is 10.3. The number of benzene rings is 1. The highest BCUT2D eigenvalue weighted by atomic mass is 16.5. The van der Waals surface area contributed by atoms with Gasteiger partial charge in [0.25, 0.3) is 0 Å². The van der Waals surface area contributed by atoms with Crippen molar-refractivity contribution >= 4 is 17.1 Å². The van der Waals surface area contributed by atoms with Crippen molar-refractivity contribution in [3.63, 3.8) is 0 Å². The highest BCUT2D eigenvalue weighted by Gasteiger charge is 2.02. The van der Waals surface area contributed by atoms with Gasteiger partial charge in [0.15, 0.2) is 0 Å². The molecule has 0 aliphatic rings. The van der Waals surface area contributed by atoms with Crippen LogP contribution in [-0.4, -0.2) is 23.2 Å². The number of H-pyrrole nitrogens is 2. The number of fused-ring (bicyclic) bond motifs is 1. The van der Waals surface area contributed by atoms with E-state index in [0.29, 0.717) is 12.1 Å². The summed E-state index contributed by atoms with van der Waals surface area (Å²) in [6, 6.07) is 5.40. The first-order valence-electron chi connectivity index (χ1n) is 4.72. The minimum atomic E-state index is -0.484. The zero-order chi connectivity index (χ0) is 11.5. The Bertz CT molecular complexity index is 570. The molecule has 1 aromatic heterocycles. The second kappa shape index (κ2) is 4.09. The van der Waals surface area contributed by atoms with E-state index in [1.54, 1.807) is 12.1 Å². The largest absolute Gasteiger partial charge is 0.453 e. The van der Waals surface area contributed by atoms with Crippen molar-refractivity contribution in [2.75, 3.05) is 7.11 Å². The smallest absolute Gasteiger partial charge is 0.407 e. The van der Waals surface area contributed by atoms with Gasteiger partial charge in [-0.25, -0.2) is 9.59 Å². The molecule has 1 aromatic carbocycles. The van der Waals surface area contributed by atoms with E-state index in [0.717, 1.165) is 11.1 Å². The molecule has 0 saturated heterocycles. The van der Waals surface area contributed by atoms with Gasteiger partial charge in [-0.15, -0.1) is 0 Å². The van der Waals surface area contributed by atoms with Crippen molar-refractivity contribution in [2.45, 2.75) is 6.54 Å². The number of aromatic amines is 2. The van der Waals surface area contributed by atoms with Crippen molar-refractivity contribution in [3.05, 3.63) is 34.2 Å². The average molecular weight is 221 g/mol. The van der Waals surface area contributed by atoms with Crippen LogP contribution in [0.5, 0.6) is 0 Å². The number of hydrogen-bond donors (Lipinski definition) is 3. The molecule has 0 aliphatic heterocycles. The number of ether oxygens (including phenoxy) is 1. The summed E-state index contributed by atoms with van der Waals surface area (Å²) >= 11 is 0. The number of imidazole rings is 1. The Hall–Kier alpha value is -2.24. The van der Waals surface area contributed by atoms with Crippen LogP contribution < -0.4 is 11.0 Å². The molecule has 16 heavy (non-hydrogen) atoms. The number of carbonyl (C=O) groups excluding carboxylic acids is 1. The second-order valence-corrected chi connectivity index (χ2v) is 3.30. The van der Waals surface area contributed by atoms with Gasteiger partial charge in [-0.2, -0.15) is 0 Å². The van der Waals surface area contributed by atoms with E-state index in [4.69, 9.17) is 0 Å². The molecule has 0 radical (unpaired) electrons. The second-order valence-electron chi connectivity index (χ2n) is 3.30. The summed E-state index contributed by atoms with van der Waals surface area (Å²) in [6.07, 6.45) is -0.484. The predicted molar refractivity (Wildman–Crippen MR) is 58.2 cm³/mol. The van der Waals surface area contributed by atoms with Crippen LogP contribution in [-0.2, 0) is 11.3 Å². The normalized spacial score (nSPS) is 10.3. The standard InChI is InChI=1S/C10H11N3O3/c1-16-10(15)11-5-6-2-3-7-8(4-6)13-9(14)12-7/h2-4H,5H2,1H3,(H,11,15)(H2,12,13,14). The molecule has 3 N–H and O–H groups in total. The summed E-state index contributed by atoms with van der Waals surface area (Å²) in [6.45, 7) is 0.357. The summed E-state index contributed by atoms with van der Waals surface area (Å²) in [4.78, 5) is 27.2. The van der Waals surface area contributed by atoms with E-state index in [-0.39, 0.29) is 5.69 Å². The molecular formula is C10H11N3O3. The molecule has 2 rings (SSSR count). The zero-order valence-electron chi connectivity index (χ0n) is 8.66. The van der Waals surface area contributed by atoms with E-state index in [9.17, 15) is 9.59 Å². The summed E-state index contributed by atoms with van der Waals surface area (Å²) in [5, 5.41) is 2.56. The van der Waals surface area contributed by atoms with Gasteiger partial charge in [-0.1, -0.05) is 6.07 Å². The van der Waals surface area contributed by atoms with E-state index in [1.807, 2.05) is 6.07 Å². The lowest BCUT2D eigenvalue weighted by Crippen LogP contribution is -2.22. The molecule has 1 heterocycles. The van der Waals surface area contributed by atoms with Crippen LogP contribution in [0.3, 0.4) is 0 Å². The lowest BCUT2D eigenvalue weighted by molar-refractivity contribution is 0.170. The Kier molecular flexibility index (Phi) is 2.63. The van der Waals surface area contributed by atoms with Crippen LogP contribution in [0.4, 0.5) is 4.79 Å². The molecule has 0 spiro atoms. The maximum absolute atomic E-state index is 11.0. The number of alkyl carbamates (subject to hydrolysis) is 1. The number of rotatable bonds is 2. The van der Waals surface area contributed by atoms with Crippen LogP contribution in [0, 0.1) is 0 Å². The molecule has 0 aliphatic carbocycles. The molecule has 2 aromatic rings. The van der Waals surface area contributed by atoms with E-state index in [2.05, 4.69) is 20.0 Å². The Labute approximate surface area is 90.6 Å². The maximum Gasteiger partial charge on any atom is 0.407 e. The average Bonchev–Trinajstić information content (AvgIpc) is 2.65. The minimum Gasteiger partial charge on any atom is -0.453 e. The molecule has 6 heteroatoms. The minimum absolute atomic E-state index is 0.243. The molecule has 0 bridgehead atoms. The molecule has 0 atom stereocenters. The molecule has 1 amide bonds. The maximum atomic E-state index is 11.0. The third-order valence-electron chi connectivity index (χ3n) is 2.20. The number of aromatic nitrogens is 2. The lowest BCUT2D eigenvalue weighted by atomic mass is 10.2. The van der Waals surface area contributed by atoms with Crippen molar-refractivity contribution in [1.82, 2.24) is 15.3 Å². The van der Waals surface area contributed by atoms with Crippen molar-refractivity contribution in [3.8, 4) is 0 Å². The Morgan fingerprint density at radius 2 is 2.12 bits per heavy atom. The number of carbonyl (C=O) groups is 1. The van der Waals surface area contributed by atoms with E-state index in [1.165, 1.54) is 7.11 Å². The van der Waals surface area contributed by atoms with Crippen molar-refractivity contribution in [1.29, 1.82) is 0 Å². The Balaban J connectivity index is 2.19.